The third kappa shape index (κ3) is 3.36. The van der Waals surface area contributed by atoms with Gasteiger partial charge >= 0.3 is 5.97 Å². The van der Waals surface area contributed by atoms with Crippen LogP contribution in [0, 0.1) is 5.92 Å². The van der Waals surface area contributed by atoms with Gasteiger partial charge in [-0.05, 0) is 26.0 Å². The number of ether oxygens (including phenoxy) is 1. The molecular weight excluding hydrogens is 270 g/mol. The van der Waals surface area contributed by atoms with E-state index in [9.17, 15) is 15.0 Å². The van der Waals surface area contributed by atoms with Crippen LogP contribution in [0.4, 0.5) is 0 Å². The van der Waals surface area contributed by atoms with Crippen LogP contribution in [0.2, 0.25) is 0 Å². The largest absolute Gasteiger partial charge is 0.508 e. The zero-order valence-corrected chi connectivity index (χ0v) is 12.5. The van der Waals surface area contributed by atoms with Gasteiger partial charge in [0.15, 0.2) is 0 Å². The van der Waals surface area contributed by atoms with Crippen LogP contribution in [0.15, 0.2) is 24.3 Å². The quantitative estimate of drug-likeness (QED) is 0.842. The van der Waals surface area contributed by atoms with Crippen LogP contribution in [0.25, 0.3) is 0 Å². The van der Waals surface area contributed by atoms with E-state index in [1.807, 2.05) is 19.1 Å². The van der Waals surface area contributed by atoms with Gasteiger partial charge in [0.25, 0.3) is 0 Å². The Labute approximate surface area is 125 Å². The topological polar surface area (TPSA) is 70.0 Å². The fourth-order valence-corrected chi connectivity index (χ4v) is 3.03. The van der Waals surface area contributed by atoms with Gasteiger partial charge < -0.3 is 14.9 Å². The number of nitrogens with zero attached hydrogens (tertiary/aromatic N) is 1. The van der Waals surface area contributed by atoms with Crippen LogP contribution < -0.4 is 0 Å². The zero-order chi connectivity index (χ0) is 15.4. The van der Waals surface area contributed by atoms with E-state index in [1.54, 1.807) is 12.1 Å². The Morgan fingerprint density at radius 2 is 2.14 bits per heavy atom. The van der Waals surface area contributed by atoms with E-state index in [0.29, 0.717) is 6.61 Å². The molecule has 5 nitrogen and oxygen atoms in total. The first-order valence-corrected chi connectivity index (χ1v) is 7.40. The zero-order valence-electron chi connectivity index (χ0n) is 12.5. The van der Waals surface area contributed by atoms with Crippen molar-refractivity contribution >= 4 is 5.97 Å². The lowest BCUT2D eigenvalue weighted by molar-refractivity contribution is -0.143. The normalized spacial score (nSPS) is 23.4. The lowest BCUT2D eigenvalue weighted by Crippen LogP contribution is -2.44. The van der Waals surface area contributed by atoms with Crippen molar-refractivity contribution in [3.05, 3.63) is 29.8 Å². The first-order valence-electron chi connectivity index (χ1n) is 7.40. The summed E-state index contributed by atoms with van der Waals surface area (Å²) >= 11 is 0. The molecule has 3 atom stereocenters. The number of phenolic OH excluding ortho intramolecular Hbond substituents is 1. The molecule has 0 radical (unpaired) electrons. The Bertz CT molecular complexity index is 491. The van der Waals surface area contributed by atoms with Crippen LogP contribution in [0.3, 0.4) is 0 Å². The van der Waals surface area contributed by atoms with Gasteiger partial charge in [0.1, 0.15) is 5.75 Å². The van der Waals surface area contributed by atoms with Gasteiger partial charge in [-0.3, -0.25) is 9.69 Å². The summed E-state index contributed by atoms with van der Waals surface area (Å²) in [4.78, 5) is 13.5. The molecule has 2 rings (SSSR count). The minimum atomic E-state index is -0.817. The number of hydrogen-bond acceptors (Lipinski definition) is 4. The summed E-state index contributed by atoms with van der Waals surface area (Å²) in [5.74, 6) is -1.08. The van der Waals surface area contributed by atoms with Gasteiger partial charge in [-0.2, -0.15) is 0 Å². The predicted molar refractivity (Wildman–Crippen MR) is 79.3 cm³/mol. The monoisotopic (exact) mass is 293 g/mol. The molecule has 0 spiro atoms. The molecule has 1 aromatic rings. The summed E-state index contributed by atoms with van der Waals surface area (Å²) in [6, 6.07) is 7.00. The molecule has 1 aliphatic rings. The van der Waals surface area contributed by atoms with Crippen LogP contribution >= 0.6 is 0 Å². The Morgan fingerprint density at radius 3 is 2.76 bits per heavy atom. The SMILES string of the molecule is CCCN(C(C)c1ccccc1O)C1COCC1C(=O)O. The average Bonchev–Trinajstić information content (AvgIpc) is 2.94. The second-order valence-corrected chi connectivity index (χ2v) is 5.52. The molecule has 2 N–H and O–H groups in total. The van der Waals surface area contributed by atoms with Gasteiger partial charge in [0.05, 0.1) is 19.1 Å². The van der Waals surface area contributed by atoms with Gasteiger partial charge in [-0.25, -0.2) is 0 Å². The number of hydrogen-bond donors (Lipinski definition) is 2. The molecule has 1 fully saturated rings. The maximum absolute atomic E-state index is 11.4. The Morgan fingerprint density at radius 1 is 1.43 bits per heavy atom. The molecule has 1 heterocycles. The second kappa shape index (κ2) is 6.91. The van der Waals surface area contributed by atoms with Crippen molar-refractivity contribution in [1.29, 1.82) is 0 Å². The predicted octanol–water partition coefficient (Wildman–Crippen LogP) is 2.26. The molecular formula is C16H23NO4. The van der Waals surface area contributed by atoms with Crippen molar-refractivity contribution in [2.45, 2.75) is 32.4 Å². The molecule has 1 aromatic carbocycles. The third-order valence-corrected chi connectivity index (χ3v) is 4.16. The molecule has 1 aliphatic heterocycles. The number of aliphatic carboxylic acids is 1. The molecule has 21 heavy (non-hydrogen) atoms. The summed E-state index contributed by atoms with van der Waals surface area (Å²) in [5.41, 5.74) is 0.821. The lowest BCUT2D eigenvalue weighted by Gasteiger charge is -2.35. The molecule has 1 saturated heterocycles. The molecule has 0 amide bonds. The van der Waals surface area contributed by atoms with E-state index in [1.165, 1.54) is 0 Å². The van der Waals surface area contributed by atoms with E-state index in [4.69, 9.17) is 4.74 Å². The third-order valence-electron chi connectivity index (χ3n) is 4.16. The smallest absolute Gasteiger partial charge is 0.310 e. The molecule has 5 heteroatoms. The van der Waals surface area contributed by atoms with Crippen LogP contribution in [-0.4, -0.2) is 46.9 Å². The van der Waals surface area contributed by atoms with E-state index in [-0.39, 0.29) is 24.4 Å². The van der Waals surface area contributed by atoms with E-state index >= 15 is 0 Å². The number of carbonyl (C=O) groups is 1. The standard InChI is InChI=1S/C16H23NO4/c1-3-8-17(14-10-21-9-13(14)16(19)20)11(2)12-6-4-5-7-15(12)18/h4-7,11,13-14,18H,3,8-10H2,1-2H3,(H,19,20). The number of rotatable bonds is 6. The highest BCUT2D eigenvalue weighted by molar-refractivity contribution is 5.71. The molecule has 0 bridgehead atoms. The highest BCUT2D eigenvalue weighted by atomic mass is 16.5. The van der Waals surface area contributed by atoms with Gasteiger partial charge in [-0.15, -0.1) is 0 Å². The summed E-state index contributed by atoms with van der Waals surface area (Å²) in [7, 11) is 0. The first kappa shape index (κ1) is 15.8. The van der Waals surface area contributed by atoms with Crippen molar-refractivity contribution in [3.63, 3.8) is 0 Å². The molecule has 0 aromatic heterocycles. The fourth-order valence-electron chi connectivity index (χ4n) is 3.03. The molecule has 116 valence electrons. The van der Waals surface area contributed by atoms with E-state index in [0.717, 1.165) is 18.5 Å². The van der Waals surface area contributed by atoms with E-state index < -0.39 is 11.9 Å². The summed E-state index contributed by atoms with van der Waals surface area (Å²) < 4.78 is 5.39. The highest BCUT2D eigenvalue weighted by Gasteiger charge is 2.39. The summed E-state index contributed by atoms with van der Waals surface area (Å²) in [5, 5.41) is 19.4. The second-order valence-electron chi connectivity index (χ2n) is 5.52. The number of carboxylic acids is 1. The van der Waals surface area contributed by atoms with Crippen LogP contribution in [-0.2, 0) is 9.53 Å². The number of benzene rings is 1. The van der Waals surface area contributed by atoms with Crippen molar-refractivity contribution in [2.75, 3.05) is 19.8 Å². The van der Waals surface area contributed by atoms with Crippen LogP contribution in [0.1, 0.15) is 31.9 Å². The summed E-state index contributed by atoms with van der Waals surface area (Å²) in [6.07, 6.45) is 0.917. The highest BCUT2D eigenvalue weighted by Crippen LogP contribution is 2.33. The fraction of sp³-hybridized carbons (Fsp3) is 0.562. The maximum Gasteiger partial charge on any atom is 0.310 e. The van der Waals surface area contributed by atoms with Crippen LogP contribution in [0.5, 0.6) is 5.75 Å². The summed E-state index contributed by atoms with van der Waals surface area (Å²) in [6.45, 7) is 5.52. The van der Waals surface area contributed by atoms with Crippen molar-refractivity contribution in [2.24, 2.45) is 5.92 Å². The van der Waals surface area contributed by atoms with Crippen molar-refractivity contribution in [3.8, 4) is 5.75 Å². The Kier molecular flexibility index (Phi) is 5.20. The van der Waals surface area contributed by atoms with Crippen molar-refractivity contribution in [1.82, 2.24) is 4.90 Å². The number of phenols is 1. The maximum atomic E-state index is 11.4. The molecule has 0 saturated carbocycles. The molecule has 3 unspecified atom stereocenters. The van der Waals surface area contributed by atoms with E-state index in [2.05, 4.69) is 11.8 Å². The van der Waals surface area contributed by atoms with Gasteiger partial charge in [0, 0.05) is 17.6 Å². The number of para-hydroxylation sites is 1. The molecule has 0 aliphatic carbocycles. The first-order chi connectivity index (χ1) is 10.1. The minimum absolute atomic E-state index is 0.0558. The van der Waals surface area contributed by atoms with Gasteiger partial charge in [-0.1, -0.05) is 25.1 Å². The van der Waals surface area contributed by atoms with Gasteiger partial charge in [0.2, 0.25) is 0 Å². The number of carboxylic acid groups (broad SMARTS) is 1. The lowest BCUT2D eigenvalue weighted by atomic mass is 9.97. The van der Waals surface area contributed by atoms with Crippen molar-refractivity contribution < 1.29 is 19.7 Å². The average molecular weight is 293 g/mol. The number of aromatic hydroxyl groups is 1. The Balaban J connectivity index is 2.26. The Hall–Kier alpha value is -1.59. The minimum Gasteiger partial charge on any atom is -0.508 e.